The Morgan fingerprint density at radius 2 is 1.80 bits per heavy atom. The minimum atomic E-state index is -2.45. The highest BCUT2D eigenvalue weighted by atomic mass is 79.9. The number of halogens is 6. The average Bonchev–Trinajstić information content (AvgIpc) is 2.35. The molecule has 1 heterocycles. The number of hydrogen-bond donors (Lipinski definition) is 1. The molecule has 2 nitrogen and oxygen atoms in total. The van der Waals surface area contributed by atoms with Gasteiger partial charge in [0.05, 0.1) is 6.04 Å². The maximum absolute atomic E-state index is 13.3. The summed E-state index contributed by atoms with van der Waals surface area (Å²) >= 11 is 9.36. The summed E-state index contributed by atoms with van der Waals surface area (Å²) in [6.45, 7) is 2.68. The Hall–Kier alpha value is 0.350. The molecule has 0 saturated carbocycles. The highest BCUT2D eigenvalue weighted by molar-refractivity contribution is 9.10. The van der Waals surface area contributed by atoms with E-state index >= 15 is 0 Å². The van der Waals surface area contributed by atoms with Crippen LogP contribution in [0.25, 0.3) is 0 Å². The third-order valence-corrected chi connectivity index (χ3v) is 3.90. The second kappa shape index (κ2) is 9.38. The van der Waals surface area contributed by atoms with Gasteiger partial charge in [0.15, 0.2) is 0 Å². The molecule has 1 aromatic rings. The molecule has 1 N–H and O–H groups in total. The SMILES string of the molecule is Cl.Cl.FC(F)[C@@H](c1cc(Br)ccc1Cl)N1CCNCC1. The van der Waals surface area contributed by atoms with Crippen LogP contribution < -0.4 is 5.32 Å². The summed E-state index contributed by atoms with van der Waals surface area (Å²) in [6.07, 6.45) is -2.45. The number of benzene rings is 1. The van der Waals surface area contributed by atoms with Crippen LogP contribution in [0.4, 0.5) is 8.78 Å². The minimum absolute atomic E-state index is 0. The molecule has 1 aliphatic heterocycles. The zero-order valence-electron chi connectivity index (χ0n) is 10.5. The van der Waals surface area contributed by atoms with Gasteiger partial charge in [-0.05, 0) is 23.8 Å². The van der Waals surface area contributed by atoms with Crippen molar-refractivity contribution in [1.29, 1.82) is 0 Å². The van der Waals surface area contributed by atoms with Gasteiger partial charge in [0.1, 0.15) is 0 Å². The summed E-state index contributed by atoms with van der Waals surface area (Å²) in [5.41, 5.74) is 0.489. The van der Waals surface area contributed by atoms with Crippen molar-refractivity contribution in [2.24, 2.45) is 0 Å². The molecule has 0 aliphatic carbocycles. The lowest BCUT2D eigenvalue weighted by Crippen LogP contribution is -2.47. The fourth-order valence-corrected chi connectivity index (χ4v) is 2.80. The molecular formula is C12H16BrCl3F2N2. The fraction of sp³-hybridized carbons (Fsp3) is 0.500. The molecular weight excluding hydrogens is 396 g/mol. The second-order valence-corrected chi connectivity index (χ2v) is 5.55. The molecule has 20 heavy (non-hydrogen) atoms. The van der Waals surface area contributed by atoms with Gasteiger partial charge in [-0.3, -0.25) is 4.90 Å². The maximum atomic E-state index is 13.3. The first kappa shape index (κ1) is 20.3. The van der Waals surface area contributed by atoms with E-state index in [9.17, 15) is 8.78 Å². The summed E-state index contributed by atoms with van der Waals surface area (Å²) < 4.78 is 27.5. The summed E-state index contributed by atoms with van der Waals surface area (Å²) in [7, 11) is 0. The number of alkyl halides is 2. The van der Waals surface area contributed by atoms with Crippen LogP contribution in [0.2, 0.25) is 5.02 Å². The molecule has 1 atom stereocenters. The average molecular weight is 413 g/mol. The first-order valence-corrected chi connectivity index (χ1v) is 6.94. The molecule has 0 unspecified atom stereocenters. The Kier molecular flexibility index (Phi) is 9.55. The molecule has 0 aromatic heterocycles. The molecule has 1 fully saturated rings. The monoisotopic (exact) mass is 410 g/mol. The molecule has 1 aliphatic rings. The smallest absolute Gasteiger partial charge is 0.258 e. The van der Waals surface area contributed by atoms with Crippen LogP contribution in [-0.4, -0.2) is 37.5 Å². The van der Waals surface area contributed by atoms with Gasteiger partial charge in [-0.25, -0.2) is 8.78 Å². The third kappa shape index (κ3) is 4.97. The van der Waals surface area contributed by atoms with Crippen molar-refractivity contribution >= 4 is 52.3 Å². The van der Waals surface area contributed by atoms with E-state index in [1.54, 1.807) is 23.1 Å². The lowest BCUT2D eigenvalue weighted by atomic mass is 10.0. The van der Waals surface area contributed by atoms with Crippen LogP contribution in [0.3, 0.4) is 0 Å². The van der Waals surface area contributed by atoms with Gasteiger partial charge < -0.3 is 5.32 Å². The molecule has 1 aromatic carbocycles. The predicted molar refractivity (Wildman–Crippen MR) is 86.8 cm³/mol. The first-order valence-electron chi connectivity index (χ1n) is 5.77. The normalized spacial score (nSPS) is 17.2. The number of rotatable bonds is 3. The third-order valence-electron chi connectivity index (χ3n) is 3.06. The zero-order valence-corrected chi connectivity index (χ0v) is 14.5. The first-order chi connectivity index (χ1) is 8.59. The zero-order chi connectivity index (χ0) is 13.1. The number of nitrogens with zero attached hydrogens (tertiary/aromatic N) is 1. The van der Waals surface area contributed by atoms with E-state index in [-0.39, 0.29) is 24.8 Å². The summed E-state index contributed by atoms with van der Waals surface area (Å²) in [4.78, 5) is 1.79. The van der Waals surface area contributed by atoms with Crippen LogP contribution >= 0.6 is 52.3 Å². The predicted octanol–water partition coefficient (Wildman–Crippen LogP) is 4.16. The summed E-state index contributed by atoms with van der Waals surface area (Å²) in [6, 6.07) is 4.16. The highest BCUT2D eigenvalue weighted by Crippen LogP contribution is 2.34. The van der Waals surface area contributed by atoms with E-state index in [4.69, 9.17) is 11.6 Å². The number of piperazine rings is 1. The molecule has 116 valence electrons. The molecule has 2 rings (SSSR count). The van der Waals surface area contributed by atoms with Gasteiger partial charge >= 0.3 is 0 Å². The van der Waals surface area contributed by atoms with E-state index in [0.717, 1.165) is 17.6 Å². The lowest BCUT2D eigenvalue weighted by molar-refractivity contribution is 0.0182. The largest absolute Gasteiger partial charge is 0.314 e. The van der Waals surface area contributed by atoms with Gasteiger partial charge in [0.2, 0.25) is 0 Å². The van der Waals surface area contributed by atoms with Crippen LogP contribution in [0.15, 0.2) is 22.7 Å². The van der Waals surface area contributed by atoms with Crippen LogP contribution in [0.1, 0.15) is 11.6 Å². The van der Waals surface area contributed by atoms with Gasteiger partial charge in [0, 0.05) is 35.7 Å². The lowest BCUT2D eigenvalue weighted by Gasteiger charge is -2.35. The van der Waals surface area contributed by atoms with E-state index in [1.165, 1.54) is 0 Å². The highest BCUT2D eigenvalue weighted by Gasteiger charge is 2.31. The molecule has 8 heteroatoms. The van der Waals surface area contributed by atoms with Gasteiger partial charge in [-0.2, -0.15) is 0 Å². The van der Waals surface area contributed by atoms with Gasteiger partial charge in [0.25, 0.3) is 6.43 Å². The fourth-order valence-electron chi connectivity index (χ4n) is 2.19. The van der Waals surface area contributed by atoms with E-state index in [0.29, 0.717) is 23.7 Å². The van der Waals surface area contributed by atoms with Crippen molar-refractivity contribution < 1.29 is 8.78 Å². The number of nitrogens with one attached hydrogen (secondary N) is 1. The Bertz CT molecular complexity index is 418. The quantitative estimate of drug-likeness (QED) is 0.802. The molecule has 0 bridgehead atoms. The van der Waals surface area contributed by atoms with Crippen molar-refractivity contribution in [3.63, 3.8) is 0 Å². The topological polar surface area (TPSA) is 15.3 Å². The van der Waals surface area contributed by atoms with E-state index in [1.807, 2.05) is 0 Å². The molecule has 0 radical (unpaired) electrons. The standard InChI is InChI=1S/C12H14BrClF2N2.2ClH/c13-8-1-2-10(14)9(7-8)11(12(15)16)18-5-3-17-4-6-18;;/h1-2,7,11-12,17H,3-6H2;2*1H/t11-;;/m1../s1. The van der Waals surface area contributed by atoms with Crippen molar-refractivity contribution in [1.82, 2.24) is 10.2 Å². The molecule has 0 spiro atoms. The van der Waals surface area contributed by atoms with Gasteiger partial charge in [-0.15, -0.1) is 24.8 Å². The van der Waals surface area contributed by atoms with Crippen LogP contribution in [0.5, 0.6) is 0 Å². The summed E-state index contributed by atoms with van der Waals surface area (Å²) in [5, 5.41) is 3.55. The Morgan fingerprint density at radius 3 is 2.35 bits per heavy atom. The maximum Gasteiger partial charge on any atom is 0.258 e. The number of hydrogen-bond acceptors (Lipinski definition) is 2. The minimum Gasteiger partial charge on any atom is -0.314 e. The Labute approximate surface area is 143 Å². The second-order valence-electron chi connectivity index (χ2n) is 4.23. The van der Waals surface area contributed by atoms with E-state index < -0.39 is 12.5 Å². The van der Waals surface area contributed by atoms with Crippen molar-refractivity contribution in [2.75, 3.05) is 26.2 Å². The van der Waals surface area contributed by atoms with Crippen LogP contribution in [0, 0.1) is 0 Å². The Balaban J connectivity index is 0.00000180. The Morgan fingerprint density at radius 1 is 1.20 bits per heavy atom. The molecule has 0 amide bonds. The van der Waals surface area contributed by atoms with Crippen molar-refractivity contribution in [3.05, 3.63) is 33.3 Å². The molecule has 1 saturated heterocycles. The summed E-state index contributed by atoms with van der Waals surface area (Å²) in [5.74, 6) is 0. The van der Waals surface area contributed by atoms with Crippen LogP contribution in [-0.2, 0) is 0 Å². The van der Waals surface area contributed by atoms with Crippen molar-refractivity contribution in [3.8, 4) is 0 Å². The van der Waals surface area contributed by atoms with E-state index in [2.05, 4.69) is 21.2 Å². The van der Waals surface area contributed by atoms with Crippen molar-refractivity contribution in [2.45, 2.75) is 12.5 Å². The van der Waals surface area contributed by atoms with Gasteiger partial charge in [-0.1, -0.05) is 27.5 Å².